The van der Waals surface area contributed by atoms with Crippen molar-refractivity contribution in [3.63, 3.8) is 0 Å². The van der Waals surface area contributed by atoms with Crippen molar-refractivity contribution in [3.8, 4) is 0 Å². The zero-order valence-corrected chi connectivity index (χ0v) is 9.66. The van der Waals surface area contributed by atoms with Crippen molar-refractivity contribution in [2.24, 2.45) is 0 Å². The Morgan fingerprint density at radius 3 is 2.67 bits per heavy atom. The molecule has 0 aromatic heterocycles. The molecule has 0 saturated heterocycles. The van der Waals surface area contributed by atoms with Gasteiger partial charge >= 0.3 is 0 Å². The summed E-state index contributed by atoms with van der Waals surface area (Å²) in [6.45, 7) is 4.45. The molecule has 1 unspecified atom stereocenters. The molecule has 0 bridgehead atoms. The van der Waals surface area contributed by atoms with Crippen LogP contribution in [0.1, 0.15) is 31.7 Å². The second kappa shape index (κ2) is 6.46. The SMILES string of the molecule is CCCCC(CO)Nc1ccccc1C. The van der Waals surface area contributed by atoms with Gasteiger partial charge in [0.1, 0.15) is 0 Å². The molecule has 2 nitrogen and oxygen atoms in total. The summed E-state index contributed by atoms with van der Waals surface area (Å²) in [4.78, 5) is 0. The maximum atomic E-state index is 9.24. The predicted molar refractivity (Wildman–Crippen MR) is 65.2 cm³/mol. The highest BCUT2D eigenvalue weighted by Crippen LogP contribution is 2.16. The van der Waals surface area contributed by atoms with Gasteiger partial charge in [0.15, 0.2) is 0 Å². The Kier molecular flexibility index (Phi) is 5.19. The van der Waals surface area contributed by atoms with Crippen molar-refractivity contribution < 1.29 is 5.11 Å². The van der Waals surface area contributed by atoms with Gasteiger partial charge in [-0.3, -0.25) is 0 Å². The lowest BCUT2D eigenvalue weighted by molar-refractivity contribution is 0.267. The van der Waals surface area contributed by atoms with Gasteiger partial charge in [-0.05, 0) is 25.0 Å². The number of hydrogen-bond donors (Lipinski definition) is 2. The maximum absolute atomic E-state index is 9.24. The normalized spacial score (nSPS) is 12.5. The number of benzene rings is 1. The van der Waals surface area contributed by atoms with Crippen LogP contribution in [0, 0.1) is 6.92 Å². The van der Waals surface area contributed by atoms with Crippen LogP contribution >= 0.6 is 0 Å². The Morgan fingerprint density at radius 2 is 2.07 bits per heavy atom. The van der Waals surface area contributed by atoms with Crippen LogP contribution in [0.15, 0.2) is 24.3 Å². The van der Waals surface area contributed by atoms with Gasteiger partial charge in [0.05, 0.1) is 6.61 Å². The highest BCUT2D eigenvalue weighted by Gasteiger charge is 2.07. The number of unbranched alkanes of at least 4 members (excludes halogenated alkanes) is 1. The number of rotatable bonds is 6. The monoisotopic (exact) mass is 207 g/mol. The van der Waals surface area contributed by atoms with E-state index in [-0.39, 0.29) is 12.6 Å². The minimum atomic E-state index is 0.186. The molecule has 0 aliphatic carbocycles. The molecule has 1 rings (SSSR count). The minimum absolute atomic E-state index is 0.186. The average molecular weight is 207 g/mol. The second-order valence-electron chi connectivity index (χ2n) is 3.98. The summed E-state index contributed by atoms with van der Waals surface area (Å²) in [5, 5.41) is 12.6. The van der Waals surface area contributed by atoms with Crippen LogP contribution in [-0.4, -0.2) is 17.8 Å². The smallest absolute Gasteiger partial charge is 0.0632 e. The third-order valence-corrected chi connectivity index (χ3v) is 2.63. The highest BCUT2D eigenvalue weighted by atomic mass is 16.3. The topological polar surface area (TPSA) is 32.3 Å². The van der Waals surface area contributed by atoms with Crippen LogP contribution in [0.2, 0.25) is 0 Å². The van der Waals surface area contributed by atoms with E-state index in [1.165, 1.54) is 12.0 Å². The molecule has 0 aliphatic heterocycles. The molecule has 0 spiro atoms. The average Bonchev–Trinajstić information content (AvgIpc) is 2.26. The van der Waals surface area contributed by atoms with Crippen LogP contribution in [0.5, 0.6) is 0 Å². The predicted octanol–water partition coefficient (Wildman–Crippen LogP) is 2.96. The number of aliphatic hydroxyl groups is 1. The van der Waals surface area contributed by atoms with E-state index in [4.69, 9.17) is 0 Å². The lowest BCUT2D eigenvalue weighted by Crippen LogP contribution is -2.23. The summed E-state index contributed by atoms with van der Waals surface area (Å²) in [7, 11) is 0. The van der Waals surface area contributed by atoms with Crippen LogP contribution < -0.4 is 5.32 Å². The fourth-order valence-electron chi connectivity index (χ4n) is 1.61. The van der Waals surface area contributed by atoms with E-state index in [1.807, 2.05) is 12.1 Å². The van der Waals surface area contributed by atoms with Crippen molar-refractivity contribution in [1.82, 2.24) is 0 Å². The van der Waals surface area contributed by atoms with Gasteiger partial charge in [-0.1, -0.05) is 38.0 Å². The molecule has 1 aromatic carbocycles. The number of aryl methyl sites for hydroxylation is 1. The Labute approximate surface area is 92.3 Å². The zero-order chi connectivity index (χ0) is 11.1. The van der Waals surface area contributed by atoms with Gasteiger partial charge in [-0.25, -0.2) is 0 Å². The number of anilines is 1. The first-order valence-electron chi connectivity index (χ1n) is 5.71. The van der Waals surface area contributed by atoms with E-state index in [0.29, 0.717) is 0 Å². The third-order valence-electron chi connectivity index (χ3n) is 2.63. The van der Waals surface area contributed by atoms with Crippen LogP contribution in [0.25, 0.3) is 0 Å². The molecule has 0 saturated carbocycles. The number of aliphatic hydroxyl groups excluding tert-OH is 1. The summed E-state index contributed by atoms with van der Waals surface area (Å²) in [6, 6.07) is 8.37. The third kappa shape index (κ3) is 3.92. The van der Waals surface area contributed by atoms with E-state index >= 15 is 0 Å². The molecular formula is C13H21NO. The fraction of sp³-hybridized carbons (Fsp3) is 0.538. The lowest BCUT2D eigenvalue weighted by atomic mass is 10.1. The molecule has 84 valence electrons. The Bertz CT molecular complexity index is 286. The summed E-state index contributed by atoms with van der Waals surface area (Å²) in [6.07, 6.45) is 3.36. The van der Waals surface area contributed by atoms with E-state index in [2.05, 4.69) is 31.3 Å². The molecule has 0 heterocycles. The van der Waals surface area contributed by atoms with Crippen molar-refractivity contribution in [3.05, 3.63) is 29.8 Å². The quantitative estimate of drug-likeness (QED) is 0.751. The van der Waals surface area contributed by atoms with Gasteiger partial charge in [0, 0.05) is 11.7 Å². The lowest BCUT2D eigenvalue weighted by Gasteiger charge is -2.18. The number of para-hydroxylation sites is 1. The second-order valence-corrected chi connectivity index (χ2v) is 3.98. The molecular weight excluding hydrogens is 186 g/mol. The van der Waals surface area contributed by atoms with Crippen LogP contribution in [0.3, 0.4) is 0 Å². The summed E-state index contributed by atoms with van der Waals surface area (Å²) >= 11 is 0. The van der Waals surface area contributed by atoms with Gasteiger partial charge < -0.3 is 10.4 Å². The zero-order valence-electron chi connectivity index (χ0n) is 9.66. The van der Waals surface area contributed by atoms with Gasteiger partial charge in [0.2, 0.25) is 0 Å². The minimum Gasteiger partial charge on any atom is -0.394 e. The van der Waals surface area contributed by atoms with E-state index < -0.39 is 0 Å². The number of nitrogens with one attached hydrogen (secondary N) is 1. The van der Waals surface area contributed by atoms with Crippen molar-refractivity contribution >= 4 is 5.69 Å². The van der Waals surface area contributed by atoms with E-state index in [9.17, 15) is 5.11 Å². The Hall–Kier alpha value is -1.02. The first-order valence-corrected chi connectivity index (χ1v) is 5.71. The van der Waals surface area contributed by atoms with Crippen molar-refractivity contribution in [2.75, 3.05) is 11.9 Å². The van der Waals surface area contributed by atoms with Gasteiger partial charge in [0.25, 0.3) is 0 Å². The number of hydrogen-bond acceptors (Lipinski definition) is 2. The first kappa shape index (κ1) is 12.1. The molecule has 2 N–H and O–H groups in total. The van der Waals surface area contributed by atoms with Crippen LogP contribution in [-0.2, 0) is 0 Å². The standard InChI is InChI=1S/C13H21NO/c1-3-4-8-12(10-15)14-13-9-6-5-7-11(13)2/h5-7,9,12,14-15H,3-4,8,10H2,1-2H3. The molecule has 0 fully saturated rings. The van der Waals surface area contributed by atoms with Gasteiger partial charge in [-0.15, -0.1) is 0 Å². The molecule has 1 atom stereocenters. The molecule has 0 radical (unpaired) electrons. The van der Waals surface area contributed by atoms with Crippen molar-refractivity contribution in [2.45, 2.75) is 39.2 Å². The molecule has 0 aliphatic rings. The largest absolute Gasteiger partial charge is 0.394 e. The maximum Gasteiger partial charge on any atom is 0.0632 e. The molecule has 2 heteroatoms. The van der Waals surface area contributed by atoms with E-state index in [0.717, 1.165) is 18.5 Å². The Balaban J connectivity index is 2.54. The molecule has 15 heavy (non-hydrogen) atoms. The summed E-state index contributed by atoms with van der Waals surface area (Å²) < 4.78 is 0. The van der Waals surface area contributed by atoms with Gasteiger partial charge in [-0.2, -0.15) is 0 Å². The van der Waals surface area contributed by atoms with Crippen LogP contribution in [0.4, 0.5) is 5.69 Å². The first-order chi connectivity index (χ1) is 7.27. The van der Waals surface area contributed by atoms with Crippen molar-refractivity contribution in [1.29, 1.82) is 0 Å². The fourth-order valence-corrected chi connectivity index (χ4v) is 1.61. The summed E-state index contributed by atoms with van der Waals surface area (Å²) in [5.41, 5.74) is 2.36. The highest BCUT2D eigenvalue weighted by molar-refractivity contribution is 5.50. The Morgan fingerprint density at radius 1 is 1.33 bits per heavy atom. The molecule has 0 amide bonds. The summed E-state index contributed by atoms with van der Waals surface area (Å²) in [5.74, 6) is 0. The van der Waals surface area contributed by atoms with E-state index in [1.54, 1.807) is 0 Å². The molecule has 1 aromatic rings.